The summed E-state index contributed by atoms with van der Waals surface area (Å²) in [5.41, 5.74) is 12.7. The first-order chi connectivity index (χ1) is 30.7. The van der Waals surface area contributed by atoms with Crippen LogP contribution in [0.25, 0.3) is 22.3 Å². The largest absolute Gasteiger partial charge is 0.112 e. The Balaban J connectivity index is 1.39. The van der Waals surface area contributed by atoms with Gasteiger partial charge in [-0.1, -0.05) is 286 Å². The van der Waals surface area contributed by atoms with E-state index in [1.165, 1.54) is 211 Å². The third-order valence-electron chi connectivity index (χ3n) is 15.9. The van der Waals surface area contributed by atoms with Gasteiger partial charge in [-0.2, -0.15) is 0 Å². The van der Waals surface area contributed by atoms with Gasteiger partial charge in [0.2, 0.25) is 0 Å². The van der Waals surface area contributed by atoms with Crippen LogP contribution in [-0.2, 0) is 10.8 Å². The summed E-state index contributed by atoms with van der Waals surface area (Å²) in [4.78, 5) is 0. The van der Waals surface area contributed by atoms with Crippen LogP contribution in [0.5, 0.6) is 0 Å². The van der Waals surface area contributed by atoms with Gasteiger partial charge in [0.25, 0.3) is 0 Å². The van der Waals surface area contributed by atoms with Gasteiger partial charge in [0.05, 0.1) is 0 Å². The molecular formula is C60H86Br2Si. The Labute approximate surface area is 405 Å². The molecule has 6 rings (SSSR count). The molecule has 344 valence electrons. The predicted octanol–water partition coefficient (Wildman–Crippen LogP) is 19.6. The van der Waals surface area contributed by atoms with Crippen LogP contribution in [0.3, 0.4) is 0 Å². The monoisotopic (exact) mass is 992 g/mol. The molecule has 0 heterocycles. The van der Waals surface area contributed by atoms with Gasteiger partial charge in [-0.05, 0) is 94.5 Å². The minimum absolute atomic E-state index is 0.0842. The molecule has 0 N–H and O–H groups in total. The van der Waals surface area contributed by atoms with Crippen molar-refractivity contribution in [2.45, 2.75) is 231 Å². The third-order valence-corrected chi connectivity index (χ3v) is 20.4. The van der Waals surface area contributed by atoms with Crippen molar-refractivity contribution in [2.75, 3.05) is 0 Å². The molecule has 63 heavy (non-hydrogen) atoms. The molecule has 0 fully saturated rings. The summed E-state index contributed by atoms with van der Waals surface area (Å²) in [6.07, 6.45) is 37.5. The molecule has 0 saturated carbocycles. The smallest absolute Gasteiger partial charge is 0.0654 e. The van der Waals surface area contributed by atoms with Gasteiger partial charge in [0.1, 0.15) is 8.07 Å². The van der Waals surface area contributed by atoms with Crippen LogP contribution < -0.4 is 10.4 Å². The summed E-state index contributed by atoms with van der Waals surface area (Å²) in [5.74, 6) is 0. The van der Waals surface area contributed by atoms with Crippen molar-refractivity contribution in [1.82, 2.24) is 0 Å². The van der Waals surface area contributed by atoms with Gasteiger partial charge >= 0.3 is 0 Å². The van der Waals surface area contributed by atoms with E-state index in [1.807, 2.05) is 0 Å². The zero-order valence-corrected chi connectivity index (χ0v) is 45.2. The maximum absolute atomic E-state index is 3.97. The lowest BCUT2D eigenvalue weighted by atomic mass is 9.70. The molecule has 2 aliphatic carbocycles. The second-order valence-electron chi connectivity index (χ2n) is 20.8. The van der Waals surface area contributed by atoms with Crippen molar-refractivity contribution < 1.29 is 0 Å². The fourth-order valence-corrected chi connectivity index (χ4v) is 15.1. The summed E-state index contributed by atoms with van der Waals surface area (Å²) >= 11 is 7.94. The molecule has 0 aliphatic heterocycles. The van der Waals surface area contributed by atoms with E-state index in [0.717, 1.165) is 0 Å². The van der Waals surface area contributed by atoms with Gasteiger partial charge in [-0.3, -0.25) is 0 Å². The quantitative estimate of drug-likeness (QED) is 0.0361. The van der Waals surface area contributed by atoms with E-state index in [0.29, 0.717) is 0 Å². The van der Waals surface area contributed by atoms with Crippen LogP contribution in [0, 0.1) is 0 Å². The van der Waals surface area contributed by atoms with Gasteiger partial charge in [0, 0.05) is 19.8 Å². The number of benzene rings is 4. The first kappa shape index (κ1) is 50.5. The number of rotatable bonds is 30. The Morgan fingerprint density at radius 1 is 0.333 bits per heavy atom. The number of hydrogen-bond acceptors (Lipinski definition) is 0. The van der Waals surface area contributed by atoms with Crippen LogP contribution >= 0.6 is 31.9 Å². The van der Waals surface area contributed by atoms with Crippen molar-refractivity contribution in [1.29, 1.82) is 0 Å². The molecular weight excluding hydrogens is 909 g/mol. The maximum Gasteiger partial charge on any atom is 0.112 e. The molecule has 0 aromatic heterocycles. The highest BCUT2D eigenvalue weighted by Gasteiger charge is 2.45. The Morgan fingerprint density at radius 2 is 0.587 bits per heavy atom. The zero-order chi connectivity index (χ0) is 44.7. The average molecular weight is 995 g/mol. The molecule has 0 spiro atoms. The third kappa shape index (κ3) is 12.0. The molecule has 0 unspecified atom stereocenters. The maximum atomic E-state index is 3.97. The summed E-state index contributed by atoms with van der Waals surface area (Å²) in [5, 5.41) is 3.22. The topological polar surface area (TPSA) is 0 Å². The molecule has 0 amide bonds. The summed E-state index contributed by atoms with van der Waals surface area (Å²) in [7, 11) is -2.13. The van der Waals surface area contributed by atoms with Crippen LogP contribution in [0.15, 0.2) is 81.7 Å². The number of hydrogen-bond donors (Lipinski definition) is 0. The minimum atomic E-state index is -2.13. The van der Waals surface area contributed by atoms with E-state index in [1.54, 1.807) is 32.6 Å². The van der Waals surface area contributed by atoms with Crippen LogP contribution in [0.2, 0.25) is 13.1 Å². The summed E-state index contributed by atoms with van der Waals surface area (Å²) in [6.45, 7) is 14.7. The Morgan fingerprint density at radius 3 is 0.889 bits per heavy atom. The zero-order valence-electron chi connectivity index (χ0n) is 41.0. The molecule has 0 atom stereocenters. The lowest BCUT2D eigenvalue weighted by Crippen LogP contribution is -2.53. The van der Waals surface area contributed by atoms with Crippen molar-refractivity contribution in [3.05, 3.63) is 104 Å². The number of fused-ring (bicyclic) bond motifs is 6. The second-order valence-corrected chi connectivity index (χ2v) is 27.0. The first-order valence-electron chi connectivity index (χ1n) is 26.6. The van der Waals surface area contributed by atoms with E-state index in [-0.39, 0.29) is 10.8 Å². The van der Waals surface area contributed by atoms with Gasteiger partial charge in [0.15, 0.2) is 0 Å². The molecule has 4 aromatic carbocycles. The molecule has 0 nitrogen and oxygen atoms in total. The van der Waals surface area contributed by atoms with E-state index in [9.17, 15) is 0 Å². The highest BCUT2D eigenvalue weighted by molar-refractivity contribution is 9.10. The average Bonchev–Trinajstić information content (AvgIpc) is 3.70. The molecule has 2 aliphatic rings. The summed E-state index contributed by atoms with van der Waals surface area (Å²) < 4.78 is 2.46. The predicted molar refractivity (Wildman–Crippen MR) is 289 cm³/mol. The van der Waals surface area contributed by atoms with E-state index >= 15 is 0 Å². The van der Waals surface area contributed by atoms with Crippen LogP contribution in [0.4, 0.5) is 0 Å². The Bertz CT molecular complexity index is 1850. The molecule has 0 saturated heterocycles. The van der Waals surface area contributed by atoms with Crippen LogP contribution in [-0.4, -0.2) is 8.07 Å². The lowest BCUT2D eigenvalue weighted by Gasteiger charge is -2.35. The van der Waals surface area contributed by atoms with E-state index in [4.69, 9.17) is 0 Å². The van der Waals surface area contributed by atoms with Crippen molar-refractivity contribution >= 4 is 50.3 Å². The van der Waals surface area contributed by atoms with Gasteiger partial charge in [-0.15, -0.1) is 0 Å². The van der Waals surface area contributed by atoms with Gasteiger partial charge in [-0.25, -0.2) is 0 Å². The van der Waals surface area contributed by atoms with Crippen molar-refractivity contribution in [3.8, 4) is 22.3 Å². The Hall–Kier alpha value is -1.94. The molecule has 0 bridgehead atoms. The normalized spacial score (nSPS) is 14.5. The first-order valence-corrected chi connectivity index (χ1v) is 31.2. The Kier molecular flexibility index (Phi) is 19.8. The van der Waals surface area contributed by atoms with E-state index < -0.39 is 8.07 Å². The number of unbranched alkanes of at least 4 members (excludes halogenated alkanes) is 20. The highest BCUT2D eigenvalue weighted by atomic mass is 79.9. The van der Waals surface area contributed by atoms with Crippen LogP contribution in [0.1, 0.15) is 230 Å². The highest BCUT2D eigenvalue weighted by Crippen LogP contribution is 2.56. The number of halogens is 2. The lowest BCUT2D eigenvalue weighted by molar-refractivity contribution is 0.398. The fourth-order valence-electron chi connectivity index (χ4n) is 12.0. The fraction of sp³-hybridized carbons (Fsp3) is 0.600. The molecule has 3 heteroatoms. The summed E-state index contributed by atoms with van der Waals surface area (Å²) in [6, 6.07) is 30.4. The van der Waals surface area contributed by atoms with Crippen molar-refractivity contribution in [2.24, 2.45) is 0 Å². The van der Waals surface area contributed by atoms with Crippen molar-refractivity contribution in [3.63, 3.8) is 0 Å². The van der Waals surface area contributed by atoms with E-state index in [2.05, 4.69) is 145 Å². The molecule has 4 aromatic rings. The van der Waals surface area contributed by atoms with Gasteiger partial charge < -0.3 is 0 Å². The minimum Gasteiger partial charge on any atom is -0.0654 e. The SMILES string of the molecule is CCCCCCCCC1(CCCCCCCC)c2cc(Br)ccc2-c2ccc([Si](C)(C)c3ccc4c(c3)C(CCCCCCCC)(CCCCCCCC)c3cc(Br)ccc3-4)cc21. The second kappa shape index (κ2) is 24.7. The standard InChI is InChI=1S/C60H86Br2Si/c1-7-11-15-19-23-27-39-59(40-28-24-20-16-12-8-2)55-43-47(61)31-35-51(55)53-37-33-49(45-57(53)59)63(5,6)50-34-38-54-52-36-32-48(62)44-56(52)60(58(54)46-50,41-29-25-21-17-13-9-3)42-30-26-22-18-14-10-4/h31-38,43-46H,7-30,39-42H2,1-6H3. The molecule has 0 radical (unpaired) electrons.